The zero-order chi connectivity index (χ0) is 12.1. The summed E-state index contributed by atoms with van der Waals surface area (Å²) >= 11 is 0. The van der Waals surface area contributed by atoms with E-state index in [1.807, 2.05) is 6.92 Å². The van der Waals surface area contributed by atoms with Crippen LogP contribution in [0.4, 0.5) is 8.78 Å². The summed E-state index contributed by atoms with van der Waals surface area (Å²) in [4.78, 5) is 0. The molecule has 0 bridgehead atoms. The second-order valence-corrected chi connectivity index (χ2v) is 4.41. The van der Waals surface area contributed by atoms with Crippen LogP contribution >= 0.6 is 0 Å². The van der Waals surface area contributed by atoms with Gasteiger partial charge in [-0.15, -0.1) is 0 Å². The van der Waals surface area contributed by atoms with Crippen molar-refractivity contribution >= 4 is 0 Å². The first-order valence-electron chi connectivity index (χ1n) is 5.73. The summed E-state index contributed by atoms with van der Waals surface area (Å²) in [5.74, 6) is -1.05. The lowest BCUT2D eigenvalue weighted by Gasteiger charge is -2.20. The van der Waals surface area contributed by atoms with Crippen LogP contribution in [0, 0.1) is 17.6 Å². The fraction of sp³-hybridized carbons (Fsp3) is 0.538. The molecule has 16 heavy (non-hydrogen) atoms. The van der Waals surface area contributed by atoms with Crippen LogP contribution in [-0.2, 0) is 0 Å². The van der Waals surface area contributed by atoms with E-state index in [0.29, 0.717) is 5.92 Å². The predicted octanol–water partition coefficient (Wildman–Crippen LogP) is 3.66. The van der Waals surface area contributed by atoms with E-state index in [9.17, 15) is 8.78 Å². The van der Waals surface area contributed by atoms with Gasteiger partial charge >= 0.3 is 0 Å². The average Bonchev–Trinajstić information content (AvgIpc) is 2.21. The molecule has 1 N–H and O–H groups in total. The first-order chi connectivity index (χ1) is 7.54. The molecule has 0 aliphatic carbocycles. The molecule has 0 fully saturated rings. The van der Waals surface area contributed by atoms with Crippen molar-refractivity contribution in [3.05, 3.63) is 35.4 Å². The lowest BCUT2D eigenvalue weighted by molar-refractivity contribution is 0.433. The van der Waals surface area contributed by atoms with E-state index in [4.69, 9.17) is 0 Å². The van der Waals surface area contributed by atoms with Gasteiger partial charge in [-0.2, -0.15) is 0 Å². The largest absolute Gasteiger partial charge is 0.310 e. The zero-order valence-electron chi connectivity index (χ0n) is 10.1. The van der Waals surface area contributed by atoms with Gasteiger partial charge in [-0.05, 0) is 36.6 Å². The summed E-state index contributed by atoms with van der Waals surface area (Å²) in [7, 11) is 0. The van der Waals surface area contributed by atoms with Crippen LogP contribution in [0.15, 0.2) is 18.2 Å². The van der Waals surface area contributed by atoms with Gasteiger partial charge in [0, 0.05) is 6.04 Å². The molecule has 1 unspecified atom stereocenters. The molecule has 3 heteroatoms. The summed E-state index contributed by atoms with van der Waals surface area (Å²) in [6.07, 6.45) is 0.916. The highest BCUT2D eigenvalue weighted by molar-refractivity contribution is 5.21. The van der Waals surface area contributed by atoms with Gasteiger partial charge in [-0.1, -0.05) is 26.8 Å². The maximum absolute atomic E-state index is 13.1. The van der Waals surface area contributed by atoms with Crippen molar-refractivity contribution in [2.45, 2.75) is 33.2 Å². The van der Waals surface area contributed by atoms with Crippen LogP contribution in [0.1, 0.15) is 38.8 Å². The van der Waals surface area contributed by atoms with Crippen LogP contribution in [0.2, 0.25) is 0 Å². The summed E-state index contributed by atoms with van der Waals surface area (Å²) in [6.45, 7) is 7.05. The van der Waals surface area contributed by atoms with Crippen molar-refractivity contribution in [3.63, 3.8) is 0 Å². The predicted molar refractivity (Wildman–Crippen MR) is 62.2 cm³/mol. The minimum Gasteiger partial charge on any atom is -0.310 e. The topological polar surface area (TPSA) is 12.0 Å². The molecule has 0 aliphatic heterocycles. The molecule has 1 aromatic rings. The standard InChI is InChI=1S/C13H19F2N/c1-4-16-13(7-9(2)3)10-5-6-11(14)12(15)8-10/h5-6,8-9,13,16H,4,7H2,1-3H3. The van der Waals surface area contributed by atoms with Gasteiger partial charge < -0.3 is 5.32 Å². The van der Waals surface area contributed by atoms with Gasteiger partial charge in [0.15, 0.2) is 11.6 Å². The normalized spacial score (nSPS) is 13.1. The lowest BCUT2D eigenvalue weighted by Crippen LogP contribution is -2.22. The lowest BCUT2D eigenvalue weighted by atomic mass is 9.97. The molecule has 1 atom stereocenters. The van der Waals surface area contributed by atoms with E-state index in [0.717, 1.165) is 18.5 Å². The SMILES string of the molecule is CCNC(CC(C)C)c1ccc(F)c(F)c1. The Hall–Kier alpha value is -0.960. The highest BCUT2D eigenvalue weighted by atomic mass is 19.2. The number of hydrogen-bond acceptors (Lipinski definition) is 1. The van der Waals surface area contributed by atoms with Crippen molar-refractivity contribution in [1.82, 2.24) is 5.32 Å². The van der Waals surface area contributed by atoms with E-state index >= 15 is 0 Å². The molecule has 1 nitrogen and oxygen atoms in total. The minimum absolute atomic E-state index is 0.0973. The van der Waals surface area contributed by atoms with E-state index in [1.165, 1.54) is 12.1 Å². The molecule has 0 spiro atoms. The van der Waals surface area contributed by atoms with E-state index < -0.39 is 11.6 Å². The van der Waals surface area contributed by atoms with Crippen LogP contribution in [0.5, 0.6) is 0 Å². The maximum Gasteiger partial charge on any atom is 0.159 e. The molecular formula is C13H19F2N. The summed E-state index contributed by atoms with van der Waals surface area (Å²) in [6, 6.07) is 4.22. The summed E-state index contributed by atoms with van der Waals surface area (Å²) < 4.78 is 25.9. The van der Waals surface area contributed by atoms with Crippen molar-refractivity contribution in [2.24, 2.45) is 5.92 Å². The number of halogens is 2. The third kappa shape index (κ3) is 3.56. The van der Waals surface area contributed by atoms with Gasteiger partial charge in [0.1, 0.15) is 0 Å². The van der Waals surface area contributed by atoms with Gasteiger partial charge in [-0.25, -0.2) is 8.78 Å². The summed E-state index contributed by atoms with van der Waals surface area (Å²) in [5, 5.41) is 3.29. The van der Waals surface area contributed by atoms with Gasteiger partial charge in [-0.3, -0.25) is 0 Å². The third-order valence-corrected chi connectivity index (χ3v) is 2.50. The second kappa shape index (κ2) is 5.94. The number of benzene rings is 1. The highest BCUT2D eigenvalue weighted by Crippen LogP contribution is 2.22. The zero-order valence-corrected chi connectivity index (χ0v) is 10.1. The molecular weight excluding hydrogens is 208 g/mol. The maximum atomic E-state index is 13.1. The van der Waals surface area contributed by atoms with Crippen molar-refractivity contribution in [3.8, 4) is 0 Å². The Morgan fingerprint density at radius 1 is 1.19 bits per heavy atom. The Morgan fingerprint density at radius 3 is 2.38 bits per heavy atom. The molecule has 0 radical (unpaired) electrons. The van der Waals surface area contributed by atoms with Crippen molar-refractivity contribution in [1.29, 1.82) is 0 Å². The third-order valence-electron chi connectivity index (χ3n) is 2.50. The highest BCUT2D eigenvalue weighted by Gasteiger charge is 2.14. The molecule has 0 aliphatic rings. The molecule has 0 saturated heterocycles. The molecule has 0 aromatic heterocycles. The number of rotatable bonds is 5. The first kappa shape index (κ1) is 13.1. The first-order valence-corrected chi connectivity index (χ1v) is 5.73. The van der Waals surface area contributed by atoms with Crippen molar-refractivity contribution < 1.29 is 8.78 Å². The second-order valence-electron chi connectivity index (χ2n) is 4.41. The Labute approximate surface area is 95.9 Å². The smallest absolute Gasteiger partial charge is 0.159 e. The van der Waals surface area contributed by atoms with Crippen LogP contribution in [0.3, 0.4) is 0 Å². The summed E-state index contributed by atoms with van der Waals surface area (Å²) in [5.41, 5.74) is 0.814. The monoisotopic (exact) mass is 227 g/mol. The Balaban J connectivity index is 2.87. The van der Waals surface area contributed by atoms with Crippen molar-refractivity contribution in [2.75, 3.05) is 6.54 Å². The van der Waals surface area contributed by atoms with E-state index in [-0.39, 0.29) is 6.04 Å². The van der Waals surface area contributed by atoms with Crippen LogP contribution < -0.4 is 5.32 Å². The van der Waals surface area contributed by atoms with Crippen LogP contribution in [0.25, 0.3) is 0 Å². The Bertz CT molecular complexity index is 337. The Kier molecular flexibility index (Phi) is 4.87. The average molecular weight is 227 g/mol. The molecule has 1 aromatic carbocycles. The molecule has 90 valence electrons. The van der Waals surface area contributed by atoms with E-state index in [2.05, 4.69) is 19.2 Å². The molecule has 0 heterocycles. The molecule has 0 amide bonds. The van der Waals surface area contributed by atoms with Crippen LogP contribution in [-0.4, -0.2) is 6.54 Å². The quantitative estimate of drug-likeness (QED) is 0.809. The minimum atomic E-state index is -0.788. The van der Waals surface area contributed by atoms with Gasteiger partial charge in [0.05, 0.1) is 0 Å². The number of nitrogens with one attached hydrogen (secondary N) is 1. The fourth-order valence-electron chi connectivity index (χ4n) is 1.78. The Morgan fingerprint density at radius 2 is 1.88 bits per heavy atom. The molecule has 0 saturated carbocycles. The van der Waals surface area contributed by atoms with E-state index in [1.54, 1.807) is 6.07 Å². The van der Waals surface area contributed by atoms with Gasteiger partial charge in [0.25, 0.3) is 0 Å². The molecule has 1 rings (SSSR count). The van der Waals surface area contributed by atoms with Gasteiger partial charge in [0.2, 0.25) is 0 Å². The fourth-order valence-corrected chi connectivity index (χ4v) is 1.78. The number of hydrogen-bond donors (Lipinski definition) is 1.